The van der Waals surface area contributed by atoms with Gasteiger partial charge in [-0.1, -0.05) is 0 Å². The quantitative estimate of drug-likeness (QED) is 0.124. The van der Waals surface area contributed by atoms with E-state index in [4.69, 9.17) is 27.9 Å². The SMILES string of the molecule is C[Si](C)(C)[C]([Ga])([Si](C)(C)C)[Si](C)(C)C.C[Si](C)(C)[C]([Ga])([Si](C)(C)C)[Si](C)(C)C.C[Si](C)(C)[C]([Ga])([Si](C)(C)C)[Si](C)(C)C.[C-]#[O+].[C-]#[O+].[C-]#[O+].[C-]#[O+].[C-]#[O+].[C-]#[O+].[Fe].[Fe]. The summed E-state index contributed by atoms with van der Waals surface area (Å²) in [7, 11) is -9.27. The summed E-state index contributed by atoms with van der Waals surface area (Å²) < 4.78 is 47.4. The molecule has 0 saturated heterocycles. The predicted molar refractivity (Wildman–Crippen MR) is 259 cm³/mol. The van der Waals surface area contributed by atoms with E-state index in [9.17, 15) is 0 Å². The number of hydrogen-bond acceptors (Lipinski definition) is 0. The molecule has 0 N–H and O–H groups in total. The van der Waals surface area contributed by atoms with Gasteiger partial charge in [0.1, 0.15) is 0 Å². The van der Waals surface area contributed by atoms with Gasteiger partial charge in [-0.25, -0.2) is 0 Å². The van der Waals surface area contributed by atoms with E-state index >= 15 is 0 Å². The average Bonchev–Trinajstić information content (AvgIpc) is 2.97. The Balaban J connectivity index is -0.0000000520. The van der Waals surface area contributed by atoms with Gasteiger partial charge in [-0.05, 0) is 0 Å². The van der Waals surface area contributed by atoms with Gasteiger partial charge < -0.3 is 0 Å². The summed E-state index contributed by atoms with van der Waals surface area (Å²) in [5, 5.41) is 0. The molecule has 0 spiro atoms. The molecule has 0 aromatic heterocycles. The van der Waals surface area contributed by atoms with Gasteiger partial charge in [-0.15, -0.1) is 0 Å². The first-order valence-corrected chi connectivity index (χ1v) is 53.0. The third kappa shape index (κ3) is 25.6. The van der Waals surface area contributed by atoms with Gasteiger partial charge in [0.05, 0.1) is 0 Å². The van der Waals surface area contributed by atoms with E-state index in [-0.39, 0.29) is 34.1 Å². The summed E-state index contributed by atoms with van der Waals surface area (Å²) in [5.41, 5.74) is 0. The molecule has 0 amide bonds. The molecule has 0 fully saturated rings. The molecule has 20 heteroatoms. The van der Waals surface area contributed by atoms with Crippen molar-refractivity contribution in [1.82, 2.24) is 0 Å². The molecular weight excluding hydrogens is 1100 g/mol. The third-order valence-corrected chi connectivity index (χ3v) is 122. The second-order valence-corrected chi connectivity index (χ2v) is 91.1. The molecule has 0 aliphatic rings. The molecule has 0 unspecified atom stereocenters. The molecule has 322 valence electrons. The van der Waals surface area contributed by atoms with Gasteiger partial charge in [0, 0.05) is 34.1 Å². The molecule has 56 heavy (non-hydrogen) atoms. The molecule has 0 saturated carbocycles. The zero-order valence-corrected chi connectivity index (χ0v) is 59.4. The Morgan fingerprint density at radius 2 is 0.250 bits per heavy atom. The summed E-state index contributed by atoms with van der Waals surface area (Å²) in [6.45, 7) is 96.9. The molecule has 0 heterocycles. The molecule has 0 aliphatic carbocycles. The Labute approximate surface area is 411 Å². The van der Waals surface area contributed by atoms with Crippen molar-refractivity contribution in [2.75, 3.05) is 0 Å². The van der Waals surface area contributed by atoms with Gasteiger partial charge in [-0.3, -0.25) is 0 Å². The Morgan fingerprint density at radius 3 is 0.250 bits per heavy atom. The smallest absolute Gasteiger partial charge is 0 e. The summed E-state index contributed by atoms with van der Waals surface area (Å²) in [6.07, 6.45) is 0. The Hall–Kier alpha value is 3.34. The van der Waals surface area contributed by atoms with E-state index in [1.807, 2.05) is 0 Å². The molecule has 6 nitrogen and oxygen atoms in total. The Bertz CT molecular complexity index is 868. The van der Waals surface area contributed by atoms with Crippen LogP contribution in [0, 0.1) is 39.9 Å². The number of rotatable bonds is 9. The first-order valence-electron chi connectivity index (χ1n) is 17.8. The van der Waals surface area contributed by atoms with Crippen molar-refractivity contribution in [1.29, 1.82) is 0 Å². The maximum absolute atomic E-state index is 7.50. The van der Waals surface area contributed by atoms with Crippen LogP contribution in [0.1, 0.15) is 0 Å². The summed E-state index contributed by atoms with van der Waals surface area (Å²) in [6, 6.07) is 0. The van der Waals surface area contributed by atoms with Crippen LogP contribution in [-0.4, -0.2) is 128 Å². The molecular formula is C36H81Fe2Ga3O6Si9. The van der Waals surface area contributed by atoms with Crippen molar-refractivity contribution in [2.24, 2.45) is 0 Å². The van der Waals surface area contributed by atoms with Gasteiger partial charge in [-0.2, -0.15) is 0 Å². The zero-order valence-electron chi connectivity index (χ0n) is 40.9. The van der Waals surface area contributed by atoms with Crippen LogP contribution in [0.25, 0.3) is 0 Å². The largest absolute Gasteiger partial charge is 0 e. The van der Waals surface area contributed by atoms with Crippen LogP contribution < -0.4 is 0 Å². The molecule has 6 radical (unpaired) electrons. The normalized spacial score (nSPS) is 12.1. The molecule has 0 aromatic carbocycles. The molecule has 0 bridgehead atoms. The third-order valence-electron chi connectivity index (χ3n) is 10.6. The first kappa shape index (κ1) is 86.4. The van der Waals surface area contributed by atoms with Crippen LogP contribution in [0.15, 0.2) is 0 Å². The average molecular weight is 1180 g/mol. The zero-order chi connectivity index (χ0) is 48.0. The maximum Gasteiger partial charge on any atom is 0 e. The van der Waals surface area contributed by atoms with Crippen LogP contribution >= 0.6 is 0 Å². The van der Waals surface area contributed by atoms with Crippen LogP contribution in [0.2, 0.25) is 185 Å². The van der Waals surface area contributed by atoms with E-state index in [1.54, 1.807) is 0 Å². The minimum absolute atomic E-state index is 0. The Morgan fingerprint density at radius 1 is 0.214 bits per heavy atom. The van der Waals surface area contributed by atoms with Crippen molar-refractivity contribution >= 4 is 128 Å². The minimum Gasteiger partial charge on any atom is 0 e. The second-order valence-electron chi connectivity index (χ2n) is 22.7. The van der Waals surface area contributed by atoms with Crippen molar-refractivity contribution in [3.05, 3.63) is 39.9 Å². The first-order chi connectivity index (χ1) is 23.2. The van der Waals surface area contributed by atoms with Gasteiger partial charge in [0.25, 0.3) is 0 Å². The second kappa shape index (κ2) is 33.8. The number of hydrogen-bond donors (Lipinski definition) is 0. The van der Waals surface area contributed by atoms with Gasteiger partial charge in [0.15, 0.2) is 0 Å². The minimum atomic E-state index is -1.03. The fourth-order valence-corrected chi connectivity index (χ4v) is 91.1. The van der Waals surface area contributed by atoms with Crippen LogP contribution in [0.3, 0.4) is 0 Å². The molecule has 0 aliphatic heterocycles. The maximum atomic E-state index is 7.50. The molecule has 0 atom stereocenters. The van der Waals surface area contributed by atoms with Crippen molar-refractivity contribution in [3.63, 3.8) is 0 Å². The van der Waals surface area contributed by atoms with Crippen molar-refractivity contribution < 1.29 is 62.1 Å². The van der Waals surface area contributed by atoms with E-state index in [2.05, 4.69) is 272 Å². The monoisotopic (exact) mass is 1180 g/mol. The fourth-order valence-electron chi connectivity index (χ4n) is 10.1. The van der Waals surface area contributed by atoms with E-state index < -0.39 is 72.7 Å². The van der Waals surface area contributed by atoms with Crippen LogP contribution in [0.5, 0.6) is 0 Å². The van der Waals surface area contributed by atoms with Gasteiger partial charge in [0.2, 0.25) is 0 Å². The van der Waals surface area contributed by atoms with E-state index in [0.717, 1.165) is 8.52 Å². The van der Waals surface area contributed by atoms with Crippen LogP contribution in [-0.2, 0) is 62.1 Å². The standard InChI is InChI=1S/3C10H27Si3.6CO.2Fe.3Ga/c3*1-11(2,3)10(12(4,5)6)13(7,8)9;6*1-2;;;;;/h3*1-9H3;;;;;;;;;;;. The van der Waals surface area contributed by atoms with E-state index in [0.29, 0.717) is 0 Å². The fraction of sp³-hybridized carbons (Fsp3) is 0.833. The predicted octanol–water partition coefficient (Wildman–Crippen LogP) is 11.6. The summed E-state index contributed by atoms with van der Waals surface area (Å²) >= 11 is 6.26. The van der Waals surface area contributed by atoms with Gasteiger partial charge >= 0.3 is 382 Å². The summed E-state index contributed by atoms with van der Waals surface area (Å²) in [5.74, 6) is 0. The van der Waals surface area contributed by atoms with Crippen LogP contribution in [0.4, 0.5) is 0 Å². The van der Waals surface area contributed by atoms with Crippen molar-refractivity contribution in [2.45, 2.75) is 185 Å². The van der Waals surface area contributed by atoms with Crippen molar-refractivity contribution in [3.8, 4) is 0 Å². The molecule has 0 rings (SSSR count). The topological polar surface area (TPSA) is 119 Å². The summed E-state index contributed by atoms with van der Waals surface area (Å²) in [4.78, 5) is 0. The van der Waals surface area contributed by atoms with E-state index in [1.165, 1.54) is 0 Å². The Kier molecular flexibility index (Phi) is 52.2. The molecule has 0 aromatic rings.